The number of rotatable bonds is 7. The van der Waals surface area contributed by atoms with Gasteiger partial charge >= 0.3 is 5.97 Å². The Kier molecular flexibility index (Phi) is 9.68. The van der Waals surface area contributed by atoms with Gasteiger partial charge in [0.25, 0.3) is 0 Å². The second kappa shape index (κ2) is 10.6. The molecule has 0 saturated carbocycles. The highest BCUT2D eigenvalue weighted by molar-refractivity contribution is 5.95. The van der Waals surface area contributed by atoms with Crippen LogP contribution in [0.15, 0.2) is 24.3 Å². The van der Waals surface area contributed by atoms with E-state index in [-0.39, 0.29) is 49.1 Å². The number of anilines is 1. The van der Waals surface area contributed by atoms with Gasteiger partial charge in [0.2, 0.25) is 11.8 Å². The van der Waals surface area contributed by atoms with Crippen LogP contribution >= 0.6 is 12.4 Å². The van der Waals surface area contributed by atoms with Gasteiger partial charge in [0.1, 0.15) is 0 Å². The molecular formula is C16H24ClN3O4. The predicted molar refractivity (Wildman–Crippen MR) is 93.9 cm³/mol. The van der Waals surface area contributed by atoms with Crippen molar-refractivity contribution < 1.29 is 19.1 Å². The second-order valence-electron chi connectivity index (χ2n) is 5.49. The van der Waals surface area contributed by atoms with Crippen molar-refractivity contribution in [1.82, 2.24) is 5.32 Å². The molecule has 1 aromatic rings. The van der Waals surface area contributed by atoms with Crippen LogP contribution in [0.25, 0.3) is 0 Å². The van der Waals surface area contributed by atoms with E-state index in [0.717, 1.165) is 5.56 Å². The minimum absolute atomic E-state index is 0. The lowest BCUT2D eigenvalue weighted by atomic mass is 10.1. The van der Waals surface area contributed by atoms with E-state index < -0.39 is 6.04 Å². The number of carbonyl (C=O) groups is 3. The monoisotopic (exact) mass is 357 g/mol. The van der Waals surface area contributed by atoms with Gasteiger partial charge in [-0.25, -0.2) is 0 Å². The van der Waals surface area contributed by atoms with Gasteiger partial charge in [0, 0.05) is 5.69 Å². The summed E-state index contributed by atoms with van der Waals surface area (Å²) in [5, 5.41) is 5.14. The number of hydrogen-bond acceptors (Lipinski definition) is 5. The van der Waals surface area contributed by atoms with Crippen molar-refractivity contribution in [2.75, 3.05) is 19.0 Å². The topological polar surface area (TPSA) is 111 Å². The van der Waals surface area contributed by atoms with E-state index in [2.05, 4.69) is 15.4 Å². The fourth-order valence-corrected chi connectivity index (χ4v) is 1.79. The second-order valence-corrected chi connectivity index (χ2v) is 5.49. The number of methoxy groups -OCH3 is 1. The summed E-state index contributed by atoms with van der Waals surface area (Å²) in [4.78, 5) is 34.8. The largest absolute Gasteiger partial charge is 0.469 e. The van der Waals surface area contributed by atoms with E-state index in [9.17, 15) is 14.4 Å². The number of hydrogen-bond donors (Lipinski definition) is 3. The van der Waals surface area contributed by atoms with Crippen LogP contribution < -0.4 is 16.4 Å². The lowest BCUT2D eigenvalue weighted by molar-refractivity contribution is -0.139. The van der Waals surface area contributed by atoms with E-state index in [0.29, 0.717) is 5.69 Å². The summed E-state index contributed by atoms with van der Waals surface area (Å²) in [5.74, 6) is -1.10. The fourth-order valence-electron chi connectivity index (χ4n) is 1.79. The summed E-state index contributed by atoms with van der Waals surface area (Å²) < 4.78 is 4.60. The van der Waals surface area contributed by atoms with Crippen molar-refractivity contribution in [3.8, 4) is 0 Å². The van der Waals surface area contributed by atoms with E-state index in [1.54, 1.807) is 24.3 Å². The van der Waals surface area contributed by atoms with Gasteiger partial charge in [-0.15, -0.1) is 12.4 Å². The van der Waals surface area contributed by atoms with Crippen LogP contribution in [0.4, 0.5) is 5.69 Å². The van der Waals surface area contributed by atoms with Crippen LogP contribution in [0.5, 0.6) is 0 Å². The molecule has 0 radical (unpaired) electrons. The summed E-state index contributed by atoms with van der Waals surface area (Å²) in [5.41, 5.74) is 6.95. The van der Waals surface area contributed by atoms with Gasteiger partial charge in [0.05, 0.1) is 26.1 Å². The molecule has 0 fully saturated rings. The van der Waals surface area contributed by atoms with E-state index in [4.69, 9.17) is 5.73 Å². The van der Waals surface area contributed by atoms with Gasteiger partial charge in [-0.1, -0.05) is 26.0 Å². The number of halogens is 1. The minimum atomic E-state index is -0.647. The Morgan fingerprint density at radius 2 is 1.92 bits per heavy atom. The molecule has 0 aliphatic rings. The molecule has 1 aromatic carbocycles. The van der Waals surface area contributed by atoms with Crippen LogP contribution in [0.2, 0.25) is 0 Å². The zero-order valence-electron chi connectivity index (χ0n) is 14.0. The third-order valence-electron chi connectivity index (χ3n) is 3.23. The SMILES string of the molecule is COC(=O)Cc1cccc(NC(=O)CNC(=O)[C@@H](N)C(C)C)c1.Cl. The quantitative estimate of drug-likeness (QED) is 0.627. The average molecular weight is 358 g/mol. The van der Waals surface area contributed by atoms with Crippen LogP contribution in [0.1, 0.15) is 19.4 Å². The molecule has 1 rings (SSSR count). The number of benzene rings is 1. The molecule has 8 heteroatoms. The van der Waals surface area contributed by atoms with Gasteiger partial charge in [0.15, 0.2) is 0 Å². The van der Waals surface area contributed by atoms with Crippen LogP contribution in [-0.4, -0.2) is 37.5 Å². The normalized spacial score (nSPS) is 11.2. The number of esters is 1. The van der Waals surface area contributed by atoms with Crippen molar-refractivity contribution in [1.29, 1.82) is 0 Å². The maximum Gasteiger partial charge on any atom is 0.309 e. The average Bonchev–Trinajstić information content (AvgIpc) is 2.51. The number of nitrogens with two attached hydrogens (primary N) is 1. The summed E-state index contributed by atoms with van der Waals surface area (Å²) in [6.07, 6.45) is 0.125. The zero-order chi connectivity index (χ0) is 17.4. The predicted octanol–water partition coefficient (Wildman–Crippen LogP) is 0.862. The van der Waals surface area contributed by atoms with Gasteiger partial charge in [-0.05, 0) is 23.6 Å². The van der Waals surface area contributed by atoms with Gasteiger partial charge in [-0.2, -0.15) is 0 Å². The molecule has 2 amide bonds. The highest BCUT2D eigenvalue weighted by atomic mass is 35.5. The van der Waals surface area contributed by atoms with E-state index in [1.807, 2.05) is 13.8 Å². The van der Waals surface area contributed by atoms with Gasteiger partial charge in [-0.3, -0.25) is 14.4 Å². The molecule has 0 spiro atoms. The number of ether oxygens (including phenoxy) is 1. The summed E-state index contributed by atoms with van der Waals surface area (Å²) >= 11 is 0. The molecule has 24 heavy (non-hydrogen) atoms. The van der Waals surface area contributed by atoms with Crippen LogP contribution in [0, 0.1) is 5.92 Å². The molecule has 0 saturated heterocycles. The first-order valence-electron chi connectivity index (χ1n) is 7.32. The summed E-state index contributed by atoms with van der Waals surface area (Å²) in [7, 11) is 1.32. The van der Waals surface area contributed by atoms with Crippen LogP contribution in [-0.2, 0) is 25.5 Å². The first-order chi connectivity index (χ1) is 10.8. The van der Waals surface area contributed by atoms with Crippen molar-refractivity contribution in [3.05, 3.63) is 29.8 Å². The zero-order valence-corrected chi connectivity index (χ0v) is 14.8. The van der Waals surface area contributed by atoms with E-state index in [1.165, 1.54) is 7.11 Å². The Bertz CT molecular complexity index is 578. The fraction of sp³-hybridized carbons (Fsp3) is 0.438. The minimum Gasteiger partial charge on any atom is -0.469 e. The Hall–Kier alpha value is -2.12. The molecule has 0 unspecified atom stereocenters. The van der Waals surface area contributed by atoms with Crippen molar-refractivity contribution in [2.24, 2.45) is 11.7 Å². The maximum absolute atomic E-state index is 11.8. The van der Waals surface area contributed by atoms with Gasteiger partial charge < -0.3 is 21.1 Å². The number of nitrogens with one attached hydrogen (secondary N) is 2. The Morgan fingerprint density at radius 3 is 2.50 bits per heavy atom. The highest BCUT2D eigenvalue weighted by Crippen LogP contribution is 2.11. The first-order valence-corrected chi connectivity index (χ1v) is 7.32. The highest BCUT2D eigenvalue weighted by Gasteiger charge is 2.17. The maximum atomic E-state index is 11.8. The standard InChI is InChI=1S/C16H23N3O4.ClH/c1-10(2)15(17)16(22)18-9-13(20)19-12-6-4-5-11(7-12)8-14(21)23-3;/h4-7,10,15H,8-9,17H2,1-3H3,(H,18,22)(H,19,20);1H/t15-;/m0./s1. The van der Waals surface area contributed by atoms with Crippen molar-refractivity contribution >= 4 is 35.9 Å². The summed E-state index contributed by atoms with van der Waals surface area (Å²) in [6, 6.07) is 6.21. The smallest absolute Gasteiger partial charge is 0.309 e. The molecule has 0 aliphatic heterocycles. The molecule has 7 nitrogen and oxygen atoms in total. The van der Waals surface area contributed by atoms with Crippen molar-refractivity contribution in [3.63, 3.8) is 0 Å². The number of carbonyl (C=O) groups excluding carboxylic acids is 3. The molecule has 0 bridgehead atoms. The Morgan fingerprint density at radius 1 is 1.25 bits per heavy atom. The van der Waals surface area contributed by atoms with Crippen LogP contribution in [0.3, 0.4) is 0 Å². The molecular weight excluding hydrogens is 334 g/mol. The van der Waals surface area contributed by atoms with Crippen molar-refractivity contribution in [2.45, 2.75) is 26.3 Å². The molecule has 4 N–H and O–H groups in total. The Labute approximate surface area is 147 Å². The third-order valence-corrected chi connectivity index (χ3v) is 3.23. The lowest BCUT2D eigenvalue weighted by Gasteiger charge is -2.15. The molecule has 0 aliphatic carbocycles. The summed E-state index contributed by atoms with van der Waals surface area (Å²) in [6.45, 7) is 3.49. The number of amides is 2. The third kappa shape index (κ3) is 7.43. The molecule has 134 valence electrons. The lowest BCUT2D eigenvalue weighted by Crippen LogP contribution is -2.46. The molecule has 0 aromatic heterocycles. The molecule has 1 atom stereocenters. The Balaban J connectivity index is 0.00000529. The molecule has 0 heterocycles. The van der Waals surface area contributed by atoms with E-state index >= 15 is 0 Å². The first kappa shape index (κ1) is 21.9.